The molecule has 0 spiro atoms. The molecule has 10 heavy (non-hydrogen) atoms. The molecule has 1 unspecified atom stereocenters. The Bertz CT molecular complexity index is 161. The van der Waals surface area contributed by atoms with Crippen LogP contribution in [0.15, 0.2) is 17.1 Å². The molecule has 2 heteroatoms. The van der Waals surface area contributed by atoms with Crippen LogP contribution < -0.4 is 0 Å². The third kappa shape index (κ3) is 2.18. The molecule has 0 fully saturated rings. The molecule has 0 aromatic carbocycles. The Morgan fingerprint density at radius 3 is 3.10 bits per heavy atom. The molecule has 1 aliphatic rings. The highest BCUT2D eigenvalue weighted by Crippen LogP contribution is 2.18. The van der Waals surface area contributed by atoms with Gasteiger partial charge in [0.2, 0.25) is 0 Å². The van der Waals surface area contributed by atoms with Crippen LogP contribution in [0.1, 0.15) is 20.3 Å². The predicted octanol–water partition coefficient (Wildman–Crippen LogP) is 2.49. The van der Waals surface area contributed by atoms with Gasteiger partial charge in [-0.3, -0.25) is 4.99 Å². The molecule has 0 bridgehead atoms. The number of aliphatic imine (C=N–C) groups is 1. The van der Waals surface area contributed by atoms with Gasteiger partial charge in [0, 0.05) is 5.75 Å². The highest BCUT2D eigenvalue weighted by Gasteiger charge is 2.10. The molecule has 0 amide bonds. The third-order valence-corrected chi connectivity index (χ3v) is 2.44. The first-order valence-electron chi connectivity index (χ1n) is 3.66. The van der Waals surface area contributed by atoms with E-state index in [-0.39, 0.29) is 0 Å². The molecule has 0 saturated carbocycles. The topological polar surface area (TPSA) is 12.4 Å². The van der Waals surface area contributed by atoms with Crippen LogP contribution in [0, 0.1) is 0 Å². The number of nitrogens with zero attached hydrogens (tertiary/aromatic N) is 1. The Hall–Kier alpha value is -0.240. The highest BCUT2D eigenvalue weighted by molar-refractivity contribution is 8.14. The Labute approximate surface area is 66.6 Å². The molecule has 56 valence electrons. The van der Waals surface area contributed by atoms with E-state index in [1.165, 1.54) is 5.04 Å². The van der Waals surface area contributed by atoms with Crippen molar-refractivity contribution >= 4 is 16.8 Å². The summed E-state index contributed by atoms with van der Waals surface area (Å²) >= 11 is 1.85. The van der Waals surface area contributed by atoms with E-state index in [9.17, 15) is 0 Å². The van der Waals surface area contributed by atoms with Gasteiger partial charge in [-0.05, 0) is 13.3 Å². The molecule has 0 aliphatic carbocycles. The van der Waals surface area contributed by atoms with Gasteiger partial charge in [-0.25, -0.2) is 0 Å². The molecule has 0 aromatic rings. The van der Waals surface area contributed by atoms with E-state index >= 15 is 0 Å². The zero-order chi connectivity index (χ0) is 7.40. The minimum absolute atomic E-state index is 0.463. The molecule has 0 aromatic heterocycles. The minimum atomic E-state index is 0.463. The van der Waals surface area contributed by atoms with Crippen LogP contribution in [0.2, 0.25) is 0 Å². The van der Waals surface area contributed by atoms with Crippen molar-refractivity contribution < 1.29 is 0 Å². The summed E-state index contributed by atoms with van der Waals surface area (Å²) < 4.78 is 0. The summed E-state index contributed by atoms with van der Waals surface area (Å²) in [6, 6.07) is 0.463. The van der Waals surface area contributed by atoms with Gasteiger partial charge >= 0.3 is 0 Å². The lowest BCUT2D eigenvalue weighted by Crippen LogP contribution is -1.96. The summed E-state index contributed by atoms with van der Waals surface area (Å²) in [6.45, 7) is 4.22. The van der Waals surface area contributed by atoms with Crippen molar-refractivity contribution in [2.24, 2.45) is 4.99 Å². The summed E-state index contributed by atoms with van der Waals surface area (Å²) in [6.07, 6.45) is 5.51. The molecule has 1 aliphatic heterocycles. The number of thioether (sulfide) groups is 1. The maximum absolute atomic E-state index is 4.42. The highest BCUT2D eigenvalue weighted by atomic mass is 32.2. The lowest BCUT2D eigenvalue weighted by Gasteiger charge is -1.94. The van der Waals surface area contributed by atoms with Crippen LogP contribution in [-0.2, 0) is 0 Å². The van der Waals surface area contributed by atoms with Crippen molar-refractivity contribution in [3.8, 4) is 0 Å². The summed E-state index contributed by atoms with van der Waals surface area (Å²) in [5.41, 5.74) is 0. The zero-order valence-corrected chi connectivity index (χ0v) is 7.32. The second-order valence-electron chi connectivity index (χ2n) is 2.36. The molecular weight excluding hydrogens is 142 g/mol. The molecule has 1 atom stereocenters. The van der Waals surface area contributed by atoms with Crippen LogP contribution in [0.4, 0.5) is 0 Å². The maximum Gasteiger partial charge on any atom is 0.0783 e. The Morgan fingerprint density at radius 2 is 2.60 bits per heavy atom. The molecule has 1 heterocycles. The van der Waals surface area contributed by atoms with Crippen molar-refractivity contribution in [2.75, 3.05) is 5.75 Å². The first-order chi connectivity index (χ1) is 4.83. The monoisotopic (exact) mass is 155 g/mol. The fourth-order valence-corrected chi connectivity index (χ4v) is 1.71. The van der Waals surface area contributed by atoms with Crippen LogP contribution in [0.3, 0.4) is 0 Å². The lowest BCUT2D eigenvalue weighted by molar-refractivity contribution is 0.950. The van der Waals surface area contributed by atoms with Gasteiger partial charge in [0.25, 0.3) is 0 Å². The molecule has 0 saturated heterocycles. The fourth-order valence-electron chi connectivity index (χ4n) is 0.906. The zero-order valence-electron chi connectivity index (χ0n) is 6.50. The SMILES string of the molecule is CC/C=C\C1CSC(C)=N1. The average Bonchev–Trinajstić information content (AvgIpc) is 2.31. The van der Waals surface area contributed by atoms with Crippen molar-refractivity contribution in [3.05, 3.63) is 12.2 Å². The van der Waals surface area contributed by atoms with Gasteiger partial charge in [-0.15, -0.1) is 11.8 Å². The van der Waals surface area contributed by atoms with E-state index in [0.29, 0.717) is 6.04 Å². The van der Waals surface area contributed by atoms with Crippen LogP contribution in [0.5, 0.6) is 0 Å². The van der Waals surface area contributed by atoms with Crippen molar-refractivity contribution in [3.63, 3.8) is 0 Å². The molecule has 0 N–H and O–H groups in total. The summed E-state index contributed by atoms with van der Waals surface area (Å²) in [5, 5.41) is 1.23. The first kappa shape index (κ1) is 7.86. The van der Waals surface area contributed by atoms with Crippen LogP contribution in [0.25, 0.3) is 0 Å². The number of rotatable bonds is 2. The van der Waals surface area contributed by atoms with Gasteiger partial charge < -0.3 is 0 Å². The summed E-state index contributed by atoms with van der Waals surface area (Å²) in [4.78, 5) is 4.42. The lowest BCUT2D eigenvalue weighted by atomic mass is 10.3. The molecule has 0 radical (unpaired) electrons. The summed E-state index contributed by atoms with van der Waals surface area (Å²) in [5.74, 6) is 1.14. The van der Waals surface area contributed by atoms with E-state index in [1.807, 2.05) is 11.8 Å². The Kier molecular flexibility index (Phi) is 3.00. The predicted molar refractivity (Wildman–Crippen MR) is 48.8 cm³/mol. The number of allylic oxidation sites excluding steroid dienone is 1. The van der Waals surface area contributed by atoms with E-state index < -0.39 is 0 Å². The maximum atomic E-state index is 4.42. The van der Waals surface area contributed by atoms with Crippen molar-refractivity contribution in [2.45, 2.75) is 26.3 Å². The van der Waals surface area contributed by atoms with Crippen molar-refractivity contribution in [1.82, 2.24) is 0 Å². The molecular formula is C8H13NS. The fraction of sp³-hybridized carbons (Fsp3) is 0.625. The van der Waals surface area contributed by atoms with Gasteiger partial charge in [-0.2, -0.15) is 0 Å². The second kappa shape index (κ2) is 3.81. The van der Waals surface area contributed by atoms with Crippen molar-refractivity contribution in [1.29, 1.82) is 0 Å². The first-order valence-corrected chi connectivity index (χ1v) is 4.65. The molecule has 1 rings (SSSR count). The van der Waals surface area contributed by atoms with E-state index in [0.717, 1.165) is 12.2 Å². The minimum Gasteiger partial charge on any atom is -0.275 e. The van der Waals surface area contributed by atoms with E-state index in [1.54, 1.807) is 0 Å². The van der Waals surface area contributed by atoms with Crippen LogP contribution >= 0.6 is 11.8 Å². The Morgan fingerprint density at radius 1 is 1.80 bits per heavy atom. The Balaban J connectivity index is 2.38. The van der Waals surface area contributed by atoms with Gasteiger partial charge in [0.15, 0.2) is 0 Å². The third-order valence-electron chi connectivity index (χ3n) is 1.40. The smallest absolute Gasteiger partial charge is 0.0783 e. The summed E-state index contributed by atoms with van der Waals surface area (Å²) in [7, 11) is 0. The second-order valence-corrected chi connectivity index (χ2v) is 3.58. The number of hydrogen-bond acceptors (Lipinski definition) is 2. The van der Waals surface area contributed by atoms with E-state index in [4.69, 9.17) is 0 Å². The largest absolute Gasteiger partial charge is 0.275 e. The van der Waals surface area contributed by atoms with Gasteiger partial charge in [0.05, 0.1) is 11.1 Å². The standard InChI is InChI=1S/C8H13NS/c1-3-4-5-8-6-10-7(2)9-8/h4-5,8H,3,6H2,1-2H3/b5-4-. The van der Waals surface area contributed by atoms with Crippen LogP contribution in [-0.4, -0.2) is 16.8 Å². The normalized spacial score (nSPS) is 25.8. The van der Waals surface area contributed by atoms with Gasteiger partial charge in [0.1, 0.15) is 0 Å². The van der Waals surface area contributed by atoms with E-state index in [2.05, 4.69) is 31.0 Å². The number of hydrogen-bond donors (Lipinski definition) is 0. The molecule has 1 nitrogen and oxygen atoms in total. The average molecular weight is 155 g/mol. The quantitative estimate of drug-likeness (QED) is 0.558. The van der Waals surface area contributed by atoms with Gasteiger partial charge in [-0.1, -0.05) is 19.1 Å².